The number of hydrogen-bond acceptors (Lipinski definition) is 5. The normalized spacial score (nSPS) is 21.4. The maximum atomic E-state index is 12.9. The van der Waals surface area contributed by atoms with Gasteiger partial charge >= 0.3 is 5.69 Å². The largest absolute Gasteiger partial charge is 0.337 e. The number of hydrogen-bond donors (Lipinski definition) is 1. The van der Waals surface area contributed by atoms with Gasteiger partial charge in [0.25, 0.3) is 11.5 Å². The van der Waals surface area contributed by atoms with Crippen molar-refractivity contribution in [2.45, 2.75) is 12.8 Å². The van der Waals surface area contributed by atoms with Gasteiger partial charge in [0.05, 0.1) is 5.39 Å². The third-order valence-electron chi connectivity index (χ3n) is 5.83. The molecule has 4 heterocycles. The second kappa shape index (κ2) is 8.63. The van der Waals surface area contributed by atoms with Crippen LogP contribution in [0.1, 0.15) is 23.3 Å². The van der Waals surface area contributed by atoms with Crippen LogP contribution in [0.4, 0.5) is 0 Å². The summed E-state index contributed by atoms with van der Waals surface area (Å²) in [5.74, 6) is 1.15. The second-order valence-electron chi connectivity index (χ2n) is 7.32. The Morgan fingerprint density at radius 1 is 1.04 bits per heavy atom. The fourth-order valence-electron chi connectivity index (χ4n) is 4.16. The Morgan fingerprint density at radius 3 is 2.25 bits per heavy atom. The molecule has 0 bridgehead atoms. The number of fused-ring (bicyclic) bond motifs is 2. The average molecular weight is 430 g/mol. The average Bonchev–Trinajstić information content (AvgIpc) is 3.02. The van der Waals surface area contributed by atoms with Gasteiger partial charge in [0.1, 0.15) is 11.3 Å². The Labute approximate surface area is 174 Å². The summed E-state index contributed by atoms with van der Waals surface area (Å²) in [4.78, 5) is 43.5. The van der Waals surface area contributed by atoms with E-state index < -0.39 is 11.2 Å². The van der Waals surface area contributed by atoms with Crippen LogP contribution >= 0.6 is 24.8 Å². The van der Waals surface area contributed by atoms with E-state index in [1.807, 2.05) is 4.90 Å². The van der Waals surface area contributed by atoms with Crippen molar-refractivity contribution in [1.29, 1.82) is 0 Å². The van der Waals surface area contributed by atoms with E-state index in [-0.39, 0.29) is 42.1 Å². The van der Waals surface area contributed by atoms with Crippen LogP contribution in [0, 0.1) is 11.8 Å². The Bertz CT molecular complexity index is 989. The number of aromatic nitrogens is 3. The number of carbonyl (C=O) groups excluding carboxylic acids is 1. The number of nitrogens with zero attached hydrogens (tertiary/aromatic N) is 4. The Morgan fingerprint density at radius 2 is 1.64 bits per heavy atom. The van der Waals surface area contributed by atoms with Gasteiger partial charge in [0.2, 0.25) is 0 Å². The molecule has 0 spiro atoms. The number of likely N-dealkylation sites (tertiary alicyclic amines) is 1. The minimum absolute atomic E-state index is 0. The van der Waals surface area contributed by atoms with Crippen molar-refractivity contribution in [1.82, 2.24) is 24.3 Å². The zero-order valence-electron chi connectivity index (χ0n) is 15.9. The van der Waals surface area contributed by atoms with Crippen molar-refractivity contribution >= 4 is 41.8 Å². The summed E-state index contributed by atoms with van der Waals surface area (Å²) in [5.41, 5.74) is -0.315. The molecule has 2 aliphatic rings. The summed E-state index contributed by atoms with van der Waals surface area (Å²) >= 11 is 0. The van der Waals surface area contributed by atoms with Crippen LogP contribution in [-0.2, 0) is 14.1 Å². The molecule has 8 nitrogen and oxygen atoms in total. The molecule has 2 fully saturated rings. The first-order valence-corrected chi connectivity index (χ1v) is 9.04. The van der Waals surface area contributed by atoms with Crippen LogP contribution in [0.15, 0.2) is 21.7 Å². The number of pyridine rings is 1. The first-order chi connectivity index (χ1) is 12.5. The number of rotatable bonds is 1. The predicted molar refractivity (Wildman–Crippen MR) is 112 cm³/mol. The van der Waals surface area contributed by atoms with E-state index in [0.717, 1.165) is 43.6 Å². The number of carbonyl (C=O) groups is 1. The minimum Gasteiger partial charge on any atom is -0.337 e. The summed E-state index contributed by atoms with van der Waals surface area (Å²) in [6.45, 7) is 3.51. The van der Waals surface area contributed by atoms with E-state index in [4.69, 9.17) is 0 Å². The highest BCUT2D eigenvalue weighted by Gasteiger charge is 2.32. The van der Waals surface area contributed by atoms with E-state index in [1.54, 1.807) is 19.2 Å². The molecule has 2 saturated heterocycles. The molecule has 2 aromatic heterocycles. The predicted octanol–water partition coefficient (Wildman–Crippen LogP) is 0.547. The zero-order valence-corrected chi connectivity index (χ0v) is 17.5. The Hall–Kier alpha value is -1.90. The lowest BCUT2D eigenvalue weighted by molar-refractivity contribution is 0.0753. The molecular weight excluding hydrogens is 405 g/mol. The van der Waals surface area contributed by atoms with Crippen LogP contribution in [0.3, 0.4) is 0 Å². The highest BCUT2D eigenvalue weighted by Crippen LogP contribution is 2.27. The number of aryl methyl sites for hydroxylation is 1. The van der Waals surface area contributed by atoms with Crippen LogP contribution in [0.5, 0.6) is 0 Å². The molecule has 0 aromatic carbocycles. The zero-order chi connectivity index (χ0) is 18.4. The summed E-state index contributed by atoms with van der Waals surface area (Å²) in [7, 11) is 3.00. The summed E-state index contributed by atoms with van der Waals surface area (Å²) in [5, 5.41) is 3.77. The van der Waals surface area contributed by atoms with E-state index >= 15 is 0 Å². The maximum Gasteiger partial charge on any atom is 0.332 e. The van der Waals surface area contributed by atoms with Gasteiger partial charge in [-0.1, -0.05) is 0 Å². The standard InChI is InChI=1S/C18H23N5O3.2ClH/c1-21-15-13(16(24)22(2)18(21)26)3-4-14(20-15)17(25)23-7-5-11-9-19-10-12(11)6-8-23;;/h3-4,11-12,19H,5-10H2,1-2H3;2*1H/t11-,12+;;. The monoisotopic (exact) mass is 429 g/mol. The van der Waals surface area contributed by atoms with Crippen LogP contribution in [0.25, 0.3) is 11.0 Å². The molecular formula is C18H25Cl2N5O3. The molecule has 2 atom stereocenters. The van der Waals surface area contributed by atoms with Crippen molar-refractivity contribution in [3.8, 4) is 0 Å². The SMILES string of the molecule is Cl.Cl.Cn1c(=O)c2ccc(C(=O)N3CC[C@@H]4CNC[C@@H]4CC3)nc2n(C)c1=O. The Balaban J connectivity index is 0.00000140. The van der Waals surface area contributed by atoms with Gasteiger partial charge in [0.15, 0.2) is 0 Å². The van der Waals surface area contributed by atoms with Crippen LogP contribution in [0.2, 0.25) is 0 Å². The van der Waals surface area contributed by atoms with Gasteiger partial charge in [-0.15, -0.1) is 24.8 Å². The highest BCUT2D eigenvalue weighted by molar-refractivity contribution is 5.94. The van der Waals surface area contributed by atoms with E-state index in [1.165, 1.54) is 11.6 Å². The van der Waals surface area contributed by atoms with Crippen LogP contribution < -0.4 is 16.6 Å². The fourth-order valence-corrected chi connectivity index (χ4v) is 4.16. The molecule has 2 aromatic rings. The topological polar surface area (TPSA) is 89.2 Å². The Kier molecular flexibility index (Phi) is 6.90. The molecule has 2 aliphatic heterocycles. The van der Waals surface area contributed by atoms with Crippen molar-refractivity contribution in [2.75, 3.05) is 26.2 Å². The summed E-state index contributed by atoms with van der Waals surface area (Å²) in [6.07, 6.45) is 1.99. The quantitative estimate of drug-likeness (QED) is 0.714. The van der Waals surface area contributed by atoms with Gasteiger partial charge < -0.3 is 10.2 Å². The minimum atomic E-state index is -0.449. The molecule has 154 valence electrons. The number of halogens is 2. The van der Waals surface area contributed by atoms with Crippen molar-refractivity contribution in [3.05, 3.63) is 38.7 Å². The highest BCUT2D eigenvalue weighted by atomic mass is 35.5. The lowest BCUT2D eigenvalue weighted by Gasteiger charge is -2.20. The third-order valence-corrected chi connectivity index (χ3v) is 5.83. The van der Waals surface area contributed by atoms with Gasteiger partial charge in [0, 0.05) is 27.2 Å². The smallest absolute Gasteiger partial charge is 0.332 e. The maximum absolute atomic E-state index is 12.9. The number of nitrogens with one attached hydrogen (secondary N) is 1. The lowest BCUT2D eigenvalue weighted by atomic mass is 9.92. The van der Waals surface area contributed by atoms with Crippen molar-refractivity contribution in [3.63, 3.8) is 0 Å². The second-order valence-corrected chi connectivity index (χ2v) is 7.32. The molecule has 10 heteroatoms. The van der Waals surface area contributed by atoms with Crippen molar-refractivity contribution < 1.29 is 4.79 Å². The fraction of sp³-hybridized carbons (Fsp3) is 0.556. The molecule has 1 N–H and O–H groups in total. The van der Waals surface area contributed by atoms with Gasteiger partial charge in [-0.25, -0.2) is 9.78 Å². The molecule has 0 saturated carbocycles. The van der Waals surface area contributed by atoms with E-state index in [0.29, 0.717) is 17.2 Å². The summed E-state index contributed by atoms with van der Waals surface area (Å²) in [6, 6.07) is 3.18. The first-order valence-electron chi connectivity index (χ1n) is 9.04. The molecule has 4 rings (SSSR count). The van der Waals surface area contributed by atoms with Gasteiger partial charge in [-0.2, -0.15) is 0 Å². The molecule has 0 unspecified atom stereocenters. The lowest BCUT2D eigenvalue weighted by Crippen LogP contribution is -2.38. The van der Waals surface area contributed by atoms with Crippen LogP contribution in [-0.4, -0.2) is 51.1 Å². The summed E-state index contributed by atoms with van der Waals surface area (Å²) < 4.78 is 2.36. The van der Waals surface area contributed by atoms with Crippen molar-refractivity contribution in [2.24, 2.45) is 25.9 Å². The van der Waals surface area contributed by atoms with E-state index in [9.17, 15) is 14.4 Å². The third kappa shape index (κ3) is 3.68. The van der Waals surface area contributed by atoms with E-state index in [2.05, 4.69) is 10.3 Å². The molecule has 0 radical (unpaired) electrons. The van der Waals surface area contributed by atoms with Gasteiger partial charge in [-0.3, -0.25) is 18.7 Å². The molecule has 28 heavy (non-hydrogen) atoms. The molecule has 0 aliphatic carbocycles. The number of amides is 1. The first kappa shape index (κ1) is 22.4. The van der Waals surface area contributed by atoms with Gasteiger partial charge in [-0.05, 0) is 49.9 Å². The molecule has 1 amide bonds.